The van der Waals surface area contributed by atoms with Crippen molar-refractivity contribution in [3.05, 3.63) is 0 Å². The van der Waals surface area contributed by atoms with E-state index in [0.717, 1.165) is 6.04 Å². The number of rotatable bonds is 7. The first kappa shape index (κ1) is 13.9. The van der Waals surface area contributed by atoms with E-state index in [4.69, 9.17) is 0 Å². The molecule has 1 saturated heterocycles. The van der Waals surface area contributed by atoms with E-state index >= 15 is 0 Å². The van der Waals surface area contributed by atoms with Gasteiger partial charge in [-0.05, 0) is 46.4 Å². The van der Waals surface area contributed by atoms with E-state index < -0.39 is 0 Å². The van der Waals surface area contributed by atoms with Crippen LogP contribution in [0.5, 0.6) is 0 Å². The lowest BCUT2D eigenvalue weighted by Gasteiger charge is -2.33. The summed E-state index contributed by atoms with van der Waals surface area (Å²) in [6, 6.07) is 0.743. The highest BCUT2D eigenvalue weighted by Crippen LogP contribution is 2.06. The molecule has 1 rings (SSSR count). The smallest absolute Gasteiger partial charge is 0.0195 e. The SMILES string of the molecule is CCCC1CN(CCCCN(C)C)CCN1. The molecule has 1 heterocycles. The van der Waals surface area contributed by atoms with Crippen molar-refractivity contribution in [2.45, 2.75) is 38.6 Å². The Morgan fingerprint density at radius 1 is 1.31 bits per heavy atom. The van der Waals surface area contributed by atoms with Crippen molar-refractivity contribution in [3.8, 4) is 0 Å². The van der Waals surface area contributed by atoms with Gasteiger partial charge in [-0.3, -0.25) is 0 Å². The standard InChI is InChI=1S/C13H29N3/c1-4-7-13-12-16(11-8-14-13)10-6-5-9-15(2)3/h13-14H,4-12H2,1-3H3. The van der Waals surface area contributed by atoms with Gasteiger partial charge in [-0.1, -0.05) is 13.3 Å². The number of unbranched alkanes of at least 4 members (excludes halogenated alkanes) is 1. The van der Waals surface area contributed by atoms with Gasteiger partial charge in [-0.2, -0.15) is 0 Å². The third-order valence-electron chi connectivity index (χ3n) is 3.31. The molecule has 96 valence electrons. The van der Waals surface area contributed by atoms with Crippen molar-refractivity contribution in [2.75, 3.05) is 46.8 Å². The van der Waals surface area contributed by atoms with Gasteiger partial charge in [0.2, 0.25) is 0 Å². The Kier molecular flexibility index (Phi) is 7.01. The van der Waals surface area contributed by atoms with Gasteiger partial charge in [0.05, 0.1) is 0 Å². The molecule has 0 aromatic rings. The van der Waals surface area contributed by atoms with Crippen LogP contribution in [0.15, 0.2) is 0 Å². The minimum Gasteiger partial charge on any atom is -0.311 e. The largest absolute Gasteiger partial charge is 0.311 e. The quantitative estimate of drug-likeness (QED) is 0.663. The lowest BCUT2D eigenvalue weighted by Crippen LogP contribution is -2.50. The summed E-state index contributed by atoms with van der Waals surface area (Å²) in [5.41, 5.74) is 0. The van der Waals surface area contributed by atoms with Crippen LogP contribution in [0, 0.1) is 0 Å². The van der Waals surface area contributed by atoms with Crippen molar-refractivity contribution in [2.24, 2.45) is 0 Å². The molecule has 0 radical (unpaired) electrons. The summed E-state index contributed by atoms with van der Waals surface area (Å²) in [6.45, 7) is 8.47. The summed E-state index contributed by atoms with van der Waals surface area (Å²) in [7, 11) is 4.31. The van der Waals surface area contributed by atoms with E-state index in [-0.39, 0.29) is 0 Å². The second-order valence-corrected chi connectivity index (χ2v) is 5.25. The predicted octanol–water partition coefficient (Wildman–Crippen LogP) is 1.40. The minimum absolute atomic E-state index is 0.743. The van der Waals surface area contributed by atoms with Crippen LogP contribution in [0.4, 0.5) is 0 Å². The van der Waals surface area contributed by atoms with E-state index in [0.29, 0.717) is 0 Å². The molecule has 1 N–H and O–H groups in total. The average molecular weight is 227 g/mol. The summed E-state index contributed by atoms with van der Waals surface area (Å²) < 4.78 is 0. The van der Waals surface area contributed by atoms with Crippen LogP contribution in [0.1, 0.15) is 32.6 Å². The Morgan fingerprint density at radius 2 is 2.12 bits per heavy atom. The summed E-state index contributed by atoms with van der Waals surface area (Å²) in [6.07, 6.45) is 5.30. The Hall–Kier alpha value is -0.120. The summed E-state index contributed by atoms with van der Waals surface area (Å²) in [5, 5.41) is 3.61. The highest BCUT2D eigenvalue weighted by atomic mass is 15.2. The van der Waals surface area contributed by atoms with Crippen LogP contribution in [0.25, 0.3) is 0 Å². The van der Waals surface area contributed by atoms with Crippen LogP contribution in [0.3, 0.4) is 0 Å². The first-order valence-corrected chi connectivity index (χ1v) is 6.83. The van der Waals surface area contributed by atoms with Gasteiger partial charge in [0.25, 0.3) is 0 Å². The Labute approximate surface area is 101 Å². The van der Waals surface area contributed by atoms with Crippen molar-refractivity contribution in [1.29, 1.82) is 0 Å². The number of piperazine rings is 1. The molecule has 1 aliphatic rings. The maximum Gasteiger partial charge on any atom is 0.0195 e. The van der Waals surface area contributed by atoms with Gasteiger partial charge in [0.1, 0.15) is 0 Å². The first-order valence-electron chi connectivity index (χ1n) is 6.83. The van der Waals surface area contributed by atoms with Gasteiger partial charge >= 0.3 is 0 Å². The zero-order valence-corrected chi connectivity index (χ0v) is 11.3. The first-order chi connectivity index (χ1) is 7.72. The maximum absolute atomic E-state index is 3.61. The predicted molar refractivity (Wildman–Crippen MR) is 70.9 cm³/mol. The second-order valence-electron chi connectivity index (χ2n) is 5.25. The van der Waals surface area contributed by atoms with Crippen molar-refractivity contribution >= 4 is 0 Å². The molecule has 0 spiro atoms. The Bertz CT molecular complexity index is 169. The second kappa shape index (κ2) is 8.04. The van der Waals surface area contributed by atoms with E-state index in [2.05, 4.69) is 36.1 Å². The molecule has 0 aromatic heterocycles. The van der Waals surface area contributed by atoms with Gasteiger partial charge < -0.3 is 15.1 Å². The molecule has 1 unspecified atom stereocenters. The van der Waals surface area contributed by atoms with Crippen LogP contribution >= 0.6 is 0 Å². The van der Waals surface area contributed by atoms with Crippen molar-refractivity contribution in [3.63, 3.8) is 0 Å². The Morgan fingerprint density at radius 3 is 2.81 bits per heavy atom. The molecule has 3 heteroatoms. The molecular weight excluding hydrogens is 198 g/mol. The maximum atomic E-state index is 3.61. The average Bonchev–Trinajstić information content (AvgIpc) is 2.25. The van der Waals surface area contributed by atoms with Gasteiger partial charge in [-0.15, -0.1) is 0 Å². The minimum atomic E-state index is 0.743. The molecule has 0 aromatic carbocycles. The summed E-state index contributed by atoms with van der Waals surface area (Å²) in [4.78, 5) is 4.91. The zero-order chi connectivity index (χ0) is 11.8. The fourth-order valence-corrected chi connectivity index (χ4v) is 2.40. The fourth-order valence-electron chi connectivity index (χ4n) is 2.40. The Balaban J connectivity index is 2.07. The van der Waals surface area contributed by atoms with Crippen molar-refractivity contribution in [1.82, 2.24) is 15.1 Å². The molecule has 0 saturated carbocycles. The van der Waals surface area contributed by atoms with Crippen LogP contribution in [-0.2, 0) is 0 Å². The molecule has 1 aliphatic heterocycles. The number of hydrogen-bond donors (Lipinski definition) is 1. The number of nitrogens with zero attached hydrogens (tertiary/aromatic N) is 2. The molecule has 16 heavy (non-hydrogen) atoms. The topological polar surface area (TPSA) is 18.5 Å². The third kappa shape index (κ3) is 5.83. The summed E-state index contributed by atoms with van der Waals surface area (Å²) >= 11 is 0. The van der Waals surface area contributed by atoms with E-state index in [1.54, 1.807) is 0 Å². The van der Waals surface area contributed by atoms with Crippen molar-refractivity contribution < 1.29 is 0 Å². The fraction of sp³-hybridized carbons (Fsp3) is 1.00. The molecule has 0 bridgehead atoms. The molecule has 0 aliphatic carbocycles. The molecule has 0 amide bonds. The van der Waals surface area contributed by atoms with Crippen LogP contribution in [0.2, 0.25) is 0 Å². The molecule has 1 fully saturated rings. The highest BCUT2D eigenvalue weighted by molar-refractivity contribution is 4.77. The zero-order valence-electron chi connectivity index (χ0n) is 11.3. The van der Waals surface area contributed by atoms with E-state index in [9.17, 15) is 0 Å². The lowest BCUT2D eigenvalue weighted by molar-refractivity contribution is 0.189. The molecular formula is C13H29N3. The normalized spacial score (nSPS) is 22.9. The van der Waals surface area contributed by atoms with Gasteiger partial charge in [0, 0.05) is 25.7 Å². The van der Waals surface area contributed by atoms with E-state index in [1.807, 2.05) is 0 Å². The number of nitrogens with one attached hydrogen (secondary N) is 1. The molecule has 1 atom stereocenters. The van der Waals surface area contributed by atoms with Gasteiger partial charge in [0.15, 0.2) is 0 Å². The molecule has 3 nitrogen and oxygen atoms in total. The van der Waals surface area contributed by atoms with Gasteiger partial charge in [-0.25, -0.2) is 0 Å². The monoisotopic (exact) mass is 227 g/mol. The lowest BCUT2D eigenvalue weighted by atomic mass is 10.1. The number of hydrogen-bond acceptors (Lipinski definition) is 3. The van der Waals surface area contributed by atoms with E-state index in [1.165, 1.54) is 58.4 Å². The summed E-state index contributed by atoms with van der Waals surface area (Å²) in [5.74, 6) is 0. The third-order valence-corrected chi connectivity index (χ3v) is 3.31. The highest BCUT2D eigenvalue weighted by Gasteiger charge is 2.17. The van der Waals surface area contributed by atoms with Crippen LogP contribution < -0.4 is 5.32 Å². The van der Waals surface area contributed by atoms with Crippen LogP contribution in [-0.4, -0.2) is 62.7 Å².